The molecule has 20 heavy (non-hydrogen) atoms. The van der Waals surface area contributed by atoms with Gasteiger partial charge in [-0.25, -0.2) is 4.79 Å². The van der Waals surface area contributed by atoms with Crippen molar-refractivity contribution in [3.63, 3.8) is 0 Å². The third kappa shape index (κ3) is 2.08. The number of aliphatic hydroxyl groups is 1. The average molecular weight is 279 g/mol. The van der Waals surface area contributed by atoms with Crippen molar-refractivity contribution in [3.8, 4) is 11.5 Å². The number of aliphatic hydroxyl groups excluding tert-OH is 1. The summed E-state index contributed by atoms with van der Waals surface area (Å²) < 4.78 is 12.1. The Morgan fingerprint density at radius 3 is 2.50 bits per heavy atom. The van der Waals surface area contributed by atoms with Crippen LogP contribution in [0.3, 0.4) is 0 Å². The highest BCUT2D eigenvalue weighted by atomic mass is 16.5. The van der Waals surface area contributed by atoms with Crippen molar-refractivity contribution in [2.75, 3.05) is 20.8 Å². The minimum Gasteiger partial charge on any atom is -0.497 e. The molecule has 0 atom stereocenters. The van der Waals surface area contributed by atoms with Crippen LogP contribution in [0, 0.1) is 6.92 Å². The number of aromatic nitrogens is 1. The SMILES string of the molecule is COc1cc(OC)c2c(c1)c(C)c(C(=O)O)n2CCO. The van der Waals surface area contributed by atoms with E-state index in [1.165, 1.54) is 7.11 Å². The van der Waals surface area contributed by atoms with Crippen LogP contribution in [-0.2, 0) is 6.54 Å². The highest BCUT2D eigenvalue weighted by Gasteiger charge is 2.22. The number of fused-ring (bicyclic) bond motifs is 1. The monoisotopic (exact) mass is 279 g/mol. The van der Waals surface area contributed by atoms with Crippen molar-refractivity contribution < 1.29 is 24.5 Å². The van der Waals surface area contributed by atoms with Crippen molar-refractivity contribution in [3.05, 3.63) is 23.4 Å². The van der Waals surface area contributed by atoms with Crippen molar-refractivity contribution in [1.82, 2.24) is 4.57 Å². The predicted octanol–water partition coefficient (Wildman–Crippen LogP) is 1.66. The molecule has 1 heterocycles. The molecule has 0 spiro atoms. The number of benzene rings is 1. The summed E-state index contributed by atoms with van der Waals surface area (Å²) in [7, 11) is 3.05. The van der Waals surface area contributed by atoms with E-state index in [1.54, 1.807) is 30.7 Å². The summed E-state index contributed by atoms with van der Waals surface area (Å²) in [6, 6.07) is 3.47. The van der Waals surface area contributed by atoms with E-state index in [9.17, 15) is 15.0 Å². The van der Waals surface area contributed by atoms with Gasteiger partial charge in [-0.3, -0.25) is 0 Å². The van der Waals surface area contributed by atoms with Crippen LogP contribution in [-0.4, -0.2) is 41.6 Å². The number of methoxy groups -OCH3 is 2. The Labute approximate surface area is 116 Å². The van der Waals surface area contributed by atoms with Crippen LogP contribution in [0.25, 0.3) is 10.9 Å². The standard InChI is InChI=1S/C14H17NO5/c1-8-10-6-9(19-2)7-11(20-3)13(10)15(4-5-16)12(8)14(17)18/h6-7,16H,4-5H2,1-3H3,(H,17,18). The zero-order chi connectivity index (χ0) is 14.9. The molecule has 0 fully saturated rings. The summed E-state index contributed by atoms with van der Waals surface area (Å²) in [5.41, 5.74) is 1.43. The van der Waals surface area contributed by atoms with Gasteiger partial charge < -0.3 is 24.3 Å². The highest BCUT2D eigenvalue weighted by Crippen LogP contribution is 2.36. The molecule has 0 aliphatic rings. The minimum absolute atomic E-state index is 0.153. The second-order valence-electron chi connectivity index (χ2n) is 4.38. The molecule has 0 unspecified atom stereocenters. The maximum absolute atomic E-state index is 11.5. The van der Waals surface area contributed by atoms with Gasteiger partial charge in [0, 0.05) is 18.0 Å². The molecule has 0 bridgehead atoms. The molecule has 0 saturated carbocycles. The first kappa shape index (κ1) is 14.2. The van der Waals surface area contributed by atoms with Gasteiger partial charge in [-0.15, -0.1) is 0 Å². The van der Waals surface area contributed by atoms with Gasteiger partial charge in [0.25, 0.3) is 0 Å². The lowest BCUT2D eigenvalue weighted by Crippen LogP contribution is -2.12. The fraction of sp³-hybridized carbons (Fsp3) is 0.357. The third-order valence-electron chi connectivity index (χ3n) is 3.33. The molecule has 6 nitrogen and oxygen atoms in total. The number of aromatic carboxylic acids is 1. The molecule has 1 aromatic heterocycles. The first-order valence-corrected chi connectivity index (χ1v) is 6.14. The Hall–Kier alpha value is -2.21. The lowest BCUT2D eigenvalue weighted by atomic mass is 10.1. The Kier molecular flexibility index (Phi) is 3.85. The van der Waals surface area contributed by atoms with Gasteiger partial charge in [-0.2, -0.15) is 0 Å². The second-order valence-corrected chi connectivity index (χ2v) is 4.38. The van der Waals surface area contributed by atoms with Gasteiger partial charge in [0.2, 0.25) is 0 Å². The van der Waals surface area contributed by atoms with E-state index >= 15 is 0 Å². The summed E-state index contributed by atoms with van der Waals surface area (Å²) in [5, 5.41) is 19.3. The number of nitrogens with zero attached hydrogens (tertiary/aromatic N) is 1. The number of hydrogen-bond acceptors (Lipinski definition) is 4. The maximum Gasteiger partial charge on any atom is 0.352 e. The van der Waals surface area contributed by atoms with Gasteiger partial charge >= 0.3 is 5.97 Å². The van der Waals surface area contributed by atoms with E-state index < -0.39 is 5.97 Å². The largest absolute Gasteiger partial charge is 0.497 e. The summed E-state index contributed by atoms with van der Waals surface area (Å²) >= 11 is 0. The average Bonchev–Trinajstić information content (AvgIpc) is 2.71. The zero-order valence-corrected chi connectivity index (χ0v) is 11.6. The molecule has 2 aromatic rings. The fourth-order valence-electron chi connectivity index (χ4n) is 2.46. The van der Waals surface area contributed by atoms with E-state index in [0.717, 1.165) is 5.39 Å². The molecule has 1 aromatic carbocycles. The fourth-order valence-corrected chi connectivity index (χ4v) is 2.46. The number of carboxylic acid groups (broad SMARTS) is 1. The number of hydrogen-bond donors (Lipinski definition) is 2. The van der Waals surface area contributed by atoms with E-state index in [0.29, 0.717) is 22.6 Å². The number of rotatable bonds is 5. The number of carbonyl (C=O) groups is 1. The summed E-state index contributed by atoms with van der Waals surface area (Å²) in [6.45, 7) is 1.77. The maximum atomic E-state index is 11.5. The van der Waals surface area contributed by atoms with E-state index in [4.69, 9.17) is 9.47 Å². The van der Waals surface area contributed by atoms with Crippen molar-refractivity contribution >= 4 is 16.9 Å². The normalized spacial score (nSPS) is 10.8. The predicted molar refractivity (Wildman–Crippen MR) is 73.8 cm³/mol. The van der Waals surface area contributed by atoms with Gasteiger partial charge in [-0.1, -0.05) is 0 Å². The molecule has 0 amide bonds. The molecule has 0 aliphatic carbocycles. The topological polar surface area (TPSA) is 80.9 Å². The van der Waals surface area contributed by atoms with Crippen LogP contribution in [0.4, 0.5) is 0 Å². The number of aryl methyl sites for hydroxylation is 1. The smallest absolute Gasteiger partial charge is 0.352 e. The van der Waals surface area contributed by atoms with Crippen LogP contribution >= 0.6 is 0 Å². The summed E-state index contributed by atoms with van der Waals surface area (Å²) in [5.74, 6) is 0.0760. The van der Waals surface area contributed by atoms with E-state index in [1.807, 2.05) is 0 Å². The zero-order valence-electron chi connectivity index (χ0n) is 11.6. The minimum atomic E-state index is -1.03. The first-order valence-electron chi connectivity index (χ1n) is 6.14. The molecule has 6 heteroatoms. The lowest BCUT2D eigenvalue weighted by molar-refractivity contribution is 0.0683. The van der Waals surface area contributed by atoms with Crippen LogP contribution in [0.15, 0.2) is 12.1 Å². The molecule has 2 N–H and O–H groups in total. The molecular weight excluding hydrogens is 262 g/mol. The Morgan fingerprint density at radius 2 is 2.00 bits per heavy atom. The molecule has 108 valence electrons. The van der Waals surface area contributed by atoms with Gasteiger partial charge in [-0.05, 0) is 18.6 Å². The van der Waals surface area contributed by atoms with Crippen LogP contribution in [0.2, 0.25) is 0 Å². The molecule has 0 saturated heterocycles. The third-order valence-corrected chi connectivity index (χ3v) is 3.33. The van der Waals surface area contributed by atoms with E-state index in [2.05, 4.69) is 0 Å². The van der Waals surface area contributed by atoms with Crippen molar-refractivity contribution in [2.24, 2.45) is 0 Å². The van der Waals surface area contributed by atoms with Gasteiger partial charge in [0.05, 0.1) is 26.3 Å². The Morgan fingerprint density at radius 1 is 1.30 bits per heavy atom. The lowest BCUT2D eigenvalue weighted by Gasteiger charge is -2.10. The number of carboxylic acids is 1. The van der Waals surface area contributed by atoms with E-state index in [-0.39, 0.29) is 18.8 Å². The number of ether oxygens (including phenoxy) is 2. The summed E-state index contributed by atoms with van der Waals surface area (Å²) in [4.78, 5) is 11.5. The summed E-state index contributed by atoms with van der Waals surface area (Å²) in [6.07, 6.45) is 0. The van der Waals surface area contributed by atoms with Gasteiger partial charge in [0.15, 0.2) is 0 Å². The quantitative estimate of drug-likeness (QED) is 0.870. The molecule has 0 aliphatic heterocycles. The van der Waals surface area contributed by atoms with Crippen LogP contribution in [0.5, 0.6) is 11.5 Å². The Balaban J connectivity index is 2.90. The molecule has 2 rings (SSSR count). The van der Waals surface area contributed by atoms with Crippen molar-refractivity contribution in [2.45, 2.75) is 13.5 Å². The van der Waals surface area contributed by atoms with Crippen LogP contribution < -0.4 is 9.47 Å². The highest BCUT2D eigenvalue weighted by molar-refractivity contribution is 6.00. The van der Waals surface area contributed by atoms with Gasteiger partial charge in [0.1, 0.15) is 17.2 Å². The second kappa shape index (κ2) is 5.42. The first-order chi connectivity index (χ1) is 9.54. The Bertz CT molecular complexity index is 659. The van der Waals surface area contributed by atoms with Crippen molar-refractivity contribution in [1.29, 1.82) is 0 Å². The molecular formula is C14H17NO5. The van der Waals surface area contributed by atoms with Crippen LogP contribution in [0.1, 0.15) is 16.1 Å². The molecule has 0 radical (unpaired) electrons.